The Hall–Kier alpha value is -2.78. The number of imidazole rings is 1. The first-order chi connectivity index (χ1) is 16.7. The quantitative estimate of drug-likeness (QED) is 0.275. The van der Waals surface area contributed by atoms with E-state index in [0.717, 1.165) is 25.0 Å². The minimum atomic E-state index is -0.676. The molecule has 2 heterocycles. The second-order valence-electron chi connectivity index (χ2n) is 8.65. The predicted octanol–water partition coefficient (Wildman–Crippen LogP) is 4.15. The van der Waals surface area contributed by atoms with Crippen LogP contribution in [-0.4, -0.2) is 52.0 Å². The van der Waals surface area contributed by atoms with Crippen molar-refractivity contribution in [2.24, 2.45) is 23.9 Å². The van der Waals surface area contributed by atoms with Crippen molar-refractivity contribution in [3.63, 3.8) is 0 Å². The third-order valence-electron chi connectivity index (χ3n) is 6.04. The lowest BCUT2D eigenvalue weighted by molar-refractivity contribution is -0.154. The van der Waals surface area contributed by atoms with E-state index in [9.17, 15) is 9.59 Å². The summed E-state index contributed by atoms with van der Waals surface area (Å²) in [7, 11) is 1.85. The number of carbonyl (C=O) groups is 2. The molecule has 0 unspecified atom stereocenters. The molecule has 3 N–H and O–H groups in total. The Bertz CT molecular complexity index is 1060. The van der Waals surface area contributed by atoms with Gasteiger partial charge in [-0.05, 0) is 18.6 Å². The number of nitrogens with one attached hydrogen (secondary N) is 1. The molecule has 2 atom stereocenters. The Kier molecular flexibility index (Phi) is 9.40. The molecule has 0 radical (unpaired) electrons. The highest BCUT2D eigenvalue weighted by Crippen LogP contribution is 2.33. The van der Waals surface area contributed by atoms with E-state index in [1.54, 1.807) is 31.6 Å². The fraction of sp³-hybridized carbons (Fsp3) is 0.500. The van der Waals surface area contributed by atoms with Gasteiger partial charge in [-0.3, -0.25) is 19.5 Å². The SMILES string of the molecule is CCCCCOC(=O)[C@H](Cc1cncn1C)[C@H](C)C(=O)N1CCN=C1Nc1c(Cl)cc(N)cc1Cl. The molecule has 1 aliphatic rings. The summed E-state index contributed by atoms with van der Waals surface area (Å²) >= 11 is 12.6. The van der Waals surface area contributed by atoms with E-state index < -0.39 is 17.8 Å². The number of anilines is 2. The van der Waals surface area contributed by atoms with Crippen LogP contribution in [0.4, 0.5) is 11.4 Å². The van der Waals surface area contributed by atoms with Gasteiger partial charge < -0.3 is 20.4 Å². The molecule has 0 fully saturated rings. The van der Waals surface area contributed by atoms with Crippen molar-refractivity contribution >= 4 is 52.4 Å². The molecule has 0 aliphatic carbocycles. The van der Waals surface area contributed by atoms with E-state index in [1.165, 1.54) is 4.90 Å². The normalized spacial score (nSPS) is 15.0. The second kappa shape index (κ2) is 12.3. The molecule has 3 rings (SSSR count). The van der Waals surface area contributed by atoms with Crippen LogP contribution in [0.15, 0.2) is 29.6 Å². The highest BCUT2D eigenvalue weighted by molar-refractivity contribution is 6.40. The molecule has 1 aliphatic heterocycles. The van der Waals surface area contributed by atoms with Crippen LogP contribution in [0.1, 0.15) is 38.8 Å². The van der Waals surface area contributed by atoms with Gasteiger partial charge in [0.15, 0.2) is 0 Å². The number of amides is 1. The zero-order chi connectivity index (χ0) is 25.5. The molecule has 0 saturated carbocycles. The number of rotatable bonds is 10. The van der Waals surface area contributed by atoms with Crippen molar-refractivity contribution in [3.8, 4) is 0 Å². The number of halogens is 2. The molecule has 1 amide bonds. The molecule has 2 aromatic rings. The summed E-state index contributed by atoms with van der Waals surface area (Å²) in [5.74, 6) is -1.64. The standard InChI is InChI=1S/C24H32Cl2N6O3/c1-4-5-6-9-35-23(34)18(12-17-13-28-14-31(17)3)15(2)22(33)32-8-7-29-24(32)30-21-19(25)10-16(27)11-20(21)26/h10-11,13-15,18H,4-9,12,27H2,1-3H3,(H,29,30)/t15-,18+/m0/s1. The average molecular weight is 523 g/mol. The zero-order valence-electron chi connectivity index (χ0n) is 20.3. The number of aliphatic imine (C=N–C) groups is 1. The van der Waals surface area contributed by atoms with E-state index in [-0.39, 0.29) is 5.91 Å². The lowest BCUT2D eigenvalue weighted by Gasteiger charge is -2.27. The number of unbranched alkanes of at least 4 members (excludes halogenated alkanes) is 2. The molecule has 11 heteroatoms. The average Bonchev–Trinajstić information content (AvgIpc) is 3.45. The molecule has 0 bridgehead atoms. The fourth-order valence-electron chi connectivity index (χ4n) is 3.91. The molecule has 190 valence electrons. The van der Waals surface area contributed by atoms with Crippen molar-refractivity contribution in [1.29, 1.82) is 0 Å². The number of carbonyl (C=O) groups excluding carboxylic acids is 2. The van der Waals surface area contributed by atoms with Crippen LogP contribution in [0.5, 0.6) is 0 Å². The van der Waals surface area contributed by atoms with Gasteiger partial charge in [-0.2, -0.15) is 0 Å². The summed E-state index contributed by atoms with van der Waals surface area (Å²) in [6, 6.07) is 3.14. The number of benzene rings is 1. The summed E-state index contributed by atoms with van der Waals surface area (Å²) in [4.78, 5) is 36.8. The summed E-state index contributed by atoms with van der Waals surface area (Å²) in [5, 5.41) is 3.70. The predicted molar refractivity (Wildman–Crippen MR) is 139 cm³/mol. The monoisotopic (exact) mass is 522 g/mol. The van der Waals surface area contributed by atoms with Gasteiger partial charge in [0, 0.05) is 43.5 Å². The number of ether oxygens (including phenoxy) is 1. The third kappa shape index (κ3) is 6.67. The van der Waals surface area contributed by atoms with Crippen molar-refractivity contribution in [2.75, 3.05) is 30.7 Å². The Morgan fingerprint density at radius 3 is 2.60 bits per heavy atom. The molecular weight excluding hydrogens is 491 g/mol. The van der Waals surface area contributed by atoms with E-state index >= 15 is 0 Å². The van der Waals surface area contributed by atoms with Gasteiger partial charge in [0.25, 0.3) is 0 Å². The number of nitrogens with zero attached hydrogens (tertiary/aromatic N) is 4. The lowest BCUT2D eigenvalue weighted by Crippen LogP contribution is -2.45. The maximum Gasteiger partial charge on any atom is 0.310 e. The Morgan fingerprint density at radius 2 is 1.97 bits per heavy atom. The summed E-state index contributed by atoms with van der Waals surface area (Å²) in [6.07, 6.45) is 6.49. The van der Waals surface area contributed by atoms with Gasteiger partial charge in [0.05, 0.1) is 41.1 Å². The molecule has 35 heavy (non-hydrogen) atoms. The molecule has 9 nitrogen and oxygen atoms in total. The minimum absolute atomic E-state index is 0.242. The first-order valence-electron chi connectivity index (χ1n) is 11.7. The Morgan fingerprint density at radius 1 is 1.26 bits per heavy atom. The molecule has 0 saturated heterocycles. The molecule has 1 aromatic carbocycles. The van der Waals surface area contributed by atoms with Gasteiger partial charge in [0.2, 0.25) is 11.9 Å². The first kappa shape index (κ1) is 26.8. The summed E-state index contributed by atoms with van der Waals surface area (Å²) in [6.45, 7) is 4.96. The number of nitrogen functional groups attached to an aromatic ring is 1. The molecular formula is C24H32Cl2N6O3. The Balaban J connectivity index is 1.77. The number of esters is 1. The maximum atomic E-state index is 13.6. The fourth-order valence-corrected chi connectivity index (χ4v) is 4.51. The van der Waals surface area contributed by atoms with Crippen LogP contribution in [0.25, 0.3) is 0 Å². The molecule has 0 spiro atoms. The van der Waals surface area contributed by atoms with E-state index in [2.05, 4.69) is 22.2 Å². The van der Waals surface area contributed by atoms with Crippen LogP contribution in [0, 0.1) is 11.8 Å². The van der Waals surface area contributed by atoms with Crippen molar-refractivity contribution in [1.82, 2.24) is 14.5 Å². The van der Waals surface area contributed by atoms with Gasteiger partial charge in [-0.1, -0.05) is 49.9 Å². The minimum Gasteiger partial charge on any atom is -0.465 e. The summed E-state index contributed by atoms with van der Waals surface area (Å²) < 4.78 is 7.40. The van der Waals surface area contributed by atoms with Crippen LogP contribution in [0.2, 0.25) is 10.0 Å². The number of aryl methyl sites for hydroxylation is 1. The van der Waals surface area contributed by atoms with Gasteiger partial charge >= 0.3 is 5.97 Å². The number of nitrogens with two attached hydrogens (primary N) is 1. The lowest BCUT2D eigenvalue weighted by atomic mass is 9.88. The highest BCUT2D eigenvalue weighted by atomic mass is 35.5. The Labute approximate surface area is 215 Å². The van der Waals surface area contributed by atoms with Crippen LogP contribution >= 0.6 is 23.2 Å². The smallest absolute Gasteiger partial charge is 0.310 e. The number of hydrogen-bond donors (Lipinski definition) is 2. The van der Waals surface area contributed by atoms with Crippen molar-refractivity contribution < 1.29 is 14.3 Å². The first-order valence-corrected chi connectivity index (χ1v) is 12.5. The summed E-state index contributed by atoms with van der Waals surface area (Å²) in [5.41, 5.74) is 7.47. The van der Waals surface area contributed by atoms with Gasteiger partial charge in [-0.15, -0.1) is 0 Å². The van der Waals surface area contributed by atoms with Gasteiger partial charge in [-0.25, -0.2) is 4.98 Å². The van der Waals surface area contributed by atoms with Crippen LogP contribution in [-0.2, 0) is 27.8 Å². The number of guanidine groups is 1. The van der Waals surface area contributed by atoms with Gasteiger partial charge in [0.1, 0.15) is 0 Å². The van der Waals surface area contributed by atoms with E-state index in [4.69, 9.17) is 33.7 Å². The maximum absolute atomic E-state index is 13.6. The van der Waals surface area contributed by atoms with Crippen LogP contribution in [0.3, 0.4) is 0 Å². The van der Waals surface area contributed by atoms with E-state index in [1.807, 2.05) is 11.6 Å². The number of aromatic nitrogens is 2. The number of hydrogen-bond acceptors (Lipinski definition) is 7. The second-order valence-corrected chi connectivity index (χ2v) is 9.46. The van der Waals surface area contributed by atoms with Crippen molar-refractivity contribution in [2.45, 2.75) is 39.5 Å². The zero-order valence-corrected chi connectivity index (χ0v) is 21.8. The molecule has 1 aromatic heterocycles. The van der Waals surface area contributed by atoms with Crippen LogP contribution < -0.4 is 11.1 Å². The largest absolute Gasteiger partial charge is 0.465 e. The van der Waals surface area contributed by atoms with E-state index in [0.29, 0.717) is 53.5 Å². The van der Waals surface area contributed by atoms with Crippen molar-refractivity contribution in [3.05, 3.63) is 40.4 Å². The third-order valence-corrected chi connectivity index (χ3v) is 6.64. The highest BCUT2D eigenvalue weighted by Gasteiger charge is 2.37. The topological polar surface area (TPSA) is 115 Å².